The molecule has 140 valence electrons. The van der Waals surface area contributed by atoms with E-state index in [4.69, 9.17) is 4.98 Å². The van der Waals surface area contributed by atoms with Crippen LogP contribution in [-0.4, -0.2) is 40.4 Å². The zero-order chi connectivity index (χ0) is 18.8. The monoisotopic (exact) mass is 370 g/mol. The molecule has 27 heavy (non-hydrogen) atoms. The molecule has 2 saturated heterocycles. The van der Waals surface area contributed by atoms with Gasteiger partial charge >= 0.3 is 0 Å². The molecule has 5 rings (SSSR count). The van der Waals surface area contributed by atoms with Crippen LogP contribution in [0.1, 0.15) is 42.5 Å². The van der Waals surface area contributed by atoms with E-state index in [0.29, 0.717) is 23.1 Å². The molecule has 0 spiro atoms. The Balaban J connectivity index is 1.69. The van der Waals surface area contributed by atoms with Crippen LogP contribution in [0.25, 0.3) is 11.3 Å². The summed E-state index contributed by atoms with van der Waals surface area (Å²) in [5, 5.41) is 17.3. The number of aromatic nitrogens is 3. The van der Waals surface area contributed by atoms with Gasteiger partial charge in [0.1, 0.15) is 17.5 Å². The van der Waals surface area contributed by atoms with Crippen LogP contribution in [0, 0.1) is 11.3 Å². The molecule has 0 saturated carbocycles. The average molecular weight is 370 g/mol. The first-order valence-electron chi connectivity index (χ1n) is 9.37. The Kier molecular flexibility index (Phi) is 3.53. The summed E-state index contributed by atoms with van der Waals surface area (Å²) in [6.45, 7) is 4.47. The van der Waals surface area contributed by atoms with Crippen LogP contribution >= 0.6 is 0 Å². The van der Waals surface area contributed by atoms with Crippen molar-refractivity contribution < 1.29 is 8.78 Å². The highest BCUT2D eigenvalue weighted by atomic mass is 19.3. The molecule has 0 bridgehead atoms. The number of nitriles is 1. The Bertz CT molecular complexity index is 956. The van der Waals surface area contributed by atoms with E-state index in [1.54, 1.807) is 6.20 Å². The summed E-state index contributed by atoms with van der Waals surface area (Å²) in [4.78, 5) is 6.70. The highest BCUT2D eigenvalue weighted by Gasteiger charge is 2.45. The molecule has 2 aliphatic heterocycles. The largest absolute Gasteiger partial charge is 0.353 e. The molecule has 1 aliphatic carbocycles. The molecule has 8 heteroatoms. The summed E-state index contributed by atoms with van der Waals surface area (Å²) >= 11 is 0. The third kappa shape index (κ3) is 2.38. The van der Waals surface area contributed by atoms with Gasteiger partial charge in [-0.2, -0.15) is 10.4 Å². The number of alkyl halides is 2. The van der Waals surface area contributed by atoms with E-state index in [2.05, 4.69) is 10.4 Å². The Morgan fingerprint density at radius 3 is 2.78 bits per heavy atom. The van der Waals surface area contributed by atoms with Gasteiger partial charge in [-0.1, -0.05) is 0 Å². The number of nitrogens with zero attached hydrogens (tertiary/aromatic N) is 5. The van der Waals surface area contributed by atoms with Gasteiger partial charge in [0.05, 0.1) is 17.9 Å². The highest BCUT2D eigenvalue weighted by Crippen LogP contribution is 2.49. The fourth-order valence-corrected chi connectivity index (χ4v) is 4.17. The van der Waals surface area contributed by atoms with Gasteiger partial charge in [0, 0.05) is 49.4 Å². The SMILES string of the molecule is C[C@H]1CCN1c1nc(-c2cnn(C3CNC3)c2)c2c(c1C#N)C(F)(F)CC2. The predicted octanol–water partition coefficient (Wildman–Crippen LogP) is 2.60. The van der Waals surface area contributed by atoms with E-state index in [-0.39, 0.29) is 30.0 Å². The second-order valence-corrected chi connectivity index (χ2v) is 7.68. The van der Waals surface area contributed by atoms with Crippen molar-refractivity contribution in [3.8, 4) is 17.3 Å². The predicted molar refractivity (Wildman–Crippen MR) is 95.7 cm³/mol. The van der Waals surface area contributed by atoms with Gasteiger partial charge in [-0.3, -0.25) is 4.68 Å². The Morgan fingerprint density at radius 1 is 1.37 bits per heavy atom. The van der Waals surface area contributed by atoms with Gasteiger partial charge in [0.25, 0.3) is 5.92 Å². The normalized spacial score (nSPS) is 23.5. The maximum Gasteiger partial charge on any atom is 0.275 e. The van der Waals surface area contributed by atoms with E-state index in [9.17, 15) is 14.0 Å². The smallest absolute Gasteiger partial charge is 0.275 e. The third-order valence-electron chi connectivity index (χ3n) is 6.05. The van der Waals surface area contributed by atoms with Crippen LogP contribution in [0.5, 0.6) is 0 Å². The maximum absolute atomic E-state index is 14.7. The first kappa shape index (κ1) is 16.6. The van der Waals surface area contributed by atoms with Gasteiger partial charge in [0.15, 0.2) is 0 Å². The second-order valence-electron chi connectivity index (χ2n) is 7.68. The molecule has 1 N–H and O–H groups in total. The lowest BCUT2D eigenvalue weighted by Crippen LogP contribution is -2.46. The number of rotatable bonds is 3. The zero-order valence-corrected chi connectivity index (χ0v) is 15.0. The van der Waals surface area contributed by atoms with Crippen molar-refractivity contribution in [3.63, 3.8) is 0 Å². The molecule has 6 nitrogen and oxygen atoms in total. The second kappa shape index (κ2) is 5.73. The molecule has 0 unspecified atom stereocenters. The van der Waals surface area contributed by atoms with Crippen LogP contribution in [-0.2, 0) is 12.3 Å². The van der Waals surface area contributed by atoms with Gasteiger partial charge in [-0.15, -0.1) is 0 Å². The van der Waals surface area contributed by atoms with E-state index in [1.165, 1.54) is 0 Å². The summed E-state index contributed by atoms with van der Waals surface area (Å²) in [7, 11) is 0. The van der Waals surface area contributed by atoms with Crippen LogP contribution < -0.4 is 10.2 Å². The van der Waals surface area contributed by atoms with Gasteiger partial charge < -0.3 is 10.2 Å². The lowest BCUT2D eigenvalue weighted by molar-refractivity contribution is -0.00209. The fraction of sp³-hybridized carbons (Fsp3) is 0.526. The van der Waals surface area contributed by atoms with Crippen molar-refractivity contribution in [2.24, 2.45) is 0 Å². The number of nitrogens with one attached hydrogen (secondary N) is 1. The summed E-state index contributed by atoms with van der Waals surface area (Å²) in [5.41, 5.74) is 1.71. The summed E-state index contributed by atoms with van der Waals surface area (Å²) in [6.07, 6.45) is 4.52. The lowest BCUT2D eigenvalue weighted by Gasteiger charge is -2.40. The Hall–Kier alpha value is -2.53. The topological polar surface area (TPSA) is 69.8 Å². The van der Waals surface area contributed by atoms with Gasteiger partial charge in [0.2, 0.25) is 0 Å². The average Bonchev–Trinajstić information content (AvgIpc) is 3.17. The molecular formula is C19H20F2N6. The molecule has 1 atom stereocenters. The Morgan fingerprint density at radius 2 is 2.19 bits per heavy atom. The van der Waals surface area contributed by atoms with E-state index in [0.717, 1.165) is 31.6 Å². The van der Waals surface area contributed by atoms with Crippen molar-refractivity contribution in [2.75, 3.05) is 24.5 Å². The van der Waals surface area contributed by atoms with Gasteiger partial charge in [-0.25, -0.2) is 13.8 Å². The molecule has 2 aromatic heterocycles. The van der Waals surface area contributed by atoms with Gasteiger partial charge in [-0.05, 0) is 25.3 Å². The molecule has 2 aromatic rings. The molecule has 2 fully saturated rings. The molecule has 0 aromatic carbocycles. The fourth-order valence-electron chi connectivity index (χ4n) is 4.17. The first-order valence-corrected chi connectivity index (χ1v) is 9.37. The molecule has 4 heterocycles. The highest BCUT2D eigenvalue weighted by molar-refractivity contribution is 5.74. The Labute approximate surface area is 155 Å². The number of pyridine rings is 1. The number of fused-ring (bicyclic) bond motifs is 1. The zero-order valence-electron chi connectivity index (χ0n) is 15.0. The molecule has 3 aliphatic rings. The van der Waals surface area contributed by atoms with Crippen LogP contribution in [0.15, 0.2) is 12.4 Å². The van der Waals surface area contributed by atoms with Crippen molar-refractivity contribution in [1.82, 2.24) is 20.1 Å². The summed E-state index contributed by atoms with van der Waals surface area (Å²) in [6, 6.07) is 2.52. The minimum Gasteiger partial charge on any atom is -0.353 e. The quantitative estimate of drug-likeness (QED) is 0.899. The summed E-state index contributed by atoms with van der Waals surface area (Å²) < 4.78 is 31.3. The first-order chi connectivity index (χ1) is 13.0. The van der Waals surface area contributed by atoms with E-state index >= 15 is 0 Å². The third-order valence-corrected chi connectivity index (χ3v) is 6.05. The van der Waals surface area contributed by atoms with Crippen molar-refractivity contribution in [1.29, 1.82) is 5.26 Å². The minimum atomic E-state index is -2.99. The number of halogens is 2. The van der Waals surface area contributed by atoms with Crippen molar-refractivity contribution in [3.05, 3.63) is 29.1 Å². The van der Waals surface area contributed by atoms with Crippen LogP contribution in [0.4, 0.5) is 14.6 Å². The van der Waals surface area contributed by atoms with Crippen LogP contribution in [0.3, 0.4) is 0 Å². The number of anilines is 1. The van der Waals surface area contributed by atoms with Crippen molar-refractivity contribution >= 4 is 5.82 Å². The number of hydrogen-bond donors (Lipinski definition) is 1. The standard InChI is InChI=1S/C19H20F2N6/c1-11-3-5-26(11)18-15(6-22)16-14(2-4-19(16,20)21)17(25-18)12-7-24-27(10-12)13-8-23-9-13/h7,10-11,13,23H,2-5,8-9H2,1H3/t11-/m0/s1. The van der Waals surface area contributed by atoms with E-state index in [1.807, 2.05) is 28.8 Å². The van der Waals surface area contributed by atoms with E-state index < -0.39 is 5.92 Å². The summed E-state index contributed by atoms with van der Waals surface area (Å²) in [5.74, 6) is -2.60. The maximum atomic E-state index is 14.7. The molecular weight excluding hydrogens is 350 g/mol. The van der Waals surface area contributed by atoms with Crippen molar-refractivity contribution in [2.45, 2.75) is 44.2 Å². The van der Waals surface area contributed by atoms with Crippen LogP contribution in [0.2, 0.25) is 0 Å². The molecule has 0 radical (unpaired) electrons. The minimum absolute atomic E-state index is 0.0402. The number of hydrogen-bond acceptors (Lipinski definition) is 5. The molecule has 0 amide bonds. The lowest BCUT2D eigenvalue weighted by atomic mass is 9.96.